The Morgan fingerprint density at radius 1 is 0.667 bits per heavy atom. The van der Waals surface area contributed by atoms with E-state index in [1.807, 2.05) is 0 Å². The number of halogens is 6. The number of unbranched alkanes of at least 4 members (excludes halogenated alkanes) is 2. The zero-order chi connectivity index (χ0) is 11.9. The minimum Gasteiger partial charge on any atom is -0.167 e. The first-order chi connectivity index (χ1) is 6.71. The van der Waals surface area contributed by atoms with Crippen molar-refractivity contribution in [3.8, 4) is 0 Å². The van der Waals surface area contributed by atoms with Crippen LogP contribution in [0.1, 0.15) is 19.3 Å². The van der Waals surface area contributed by atoms with E-state index in [1.165, 1.54) is 0 Å². The molecule has 0 nitrogen and oxygen atoms in total. The lowest BCUT2D eigenvalue weighted by atomic mass is 10.2. The molecule has 0 spiro atoms. The molecule has 0 saturated carbocycles. The third-order valence-electron chi connectivity index (χ3n) is 1.36. The van der Waals surface area contributed by atoms with E-state index in [-0.39, 0.29) is 31.4 Å². The molecule has 15 heavy (non-hydrogen) atoms. The molecule has 0 amide bonds. The molecule has 0 atom stereocenters. The standard InChI is InChI=1S/C9H10F6/c10-8(11,12)6-4-2-1-3-5-7-9(13,14)15/h4-7H,1-3H2. The van der Waals surface area contributed by atoms with Gasteiger partial charge in [0.15, 0.2) is 0 Å². The first kappa shape index (κ1) is 14.1. The summed E-state index contributed by atoms with van der Waals surface area (Å²) < 4.78 is 69.2. The molecule has 0 aromatic rings. The molecular weight excluding hydrogens is 222 g/mol. The summed E-state index contributed by atoms with van der Waals surface area (Å²) >= 11 is 0. The highest BCUT2D eigenvalue weighted by Gasteiger charge is 2.22. The minimum atomic E-state index is -4.35. The number of hydrogen-bond acceptors (Lipinski definition) is 0. The van der Waals surface area contributed by atoms with Gasteiger partial charge in [-0.25, -0.2) is 0 Å². The molecule has 0 N–H and O–H groups in total. The van der Waals surface area contributed by atoms with Gasteiger partial charge in [-0.05, 0) is 19.3 Å². The van der Waals surface area contributed by atoms with Crippen LogP contribution in [0.2, 0.25) is 0 Å². The normalized spacial score (nSPS) is 14.3. The Morgan fingerprint density at radius 3 is 1.27 bits per heavy atom. The summed E-state index contributed by atoms with van der Waals surface area (Å²) in [4.78, 5) is 0. The summed E-state index contributed by atoms with van der Waals surface area (Å²) in [5, 5.41) is 0. The molecule has 88 valence electrons. The largest absolute Gasteiger partial charge is 0.409 e. The Bertz CT molecular complexity index is 196. The van der Waals surface area contributed by atoms with Crippen molar-refractivity contribution >= 4 is 0 Å². The van der Waals surface area contributed by atoms with Gasteiger partial charge >= 0.3 is 12.4 Å². The van der Waals surface area contributed by atoms with E-state index in [2.05, 4.69) is 0 Å². The Labute approximate surface area is 83.3 Å². The van der Waals surface area contributed by atoms with Gasteiger partial charge in [0, 0.05) is 12.2 Å². The van der Waals surface area contributed by atoms with Gasteiger partial charge in [-0.2, -0.15) is 26.3 Å². The lowest BCUT2D eigenvalue weighted by Gasteiger charge is -1.98. The molecule has 0 unspecified atom stereocenters. The van der Waals surface area contributed by atoms with E-state index >= 15 is 0 Å². The van der Waals surface area contributed by atoms with Crippen LogP contribution in [0.3, 0.4) is 0 Å². The lowest BCUT2D eigenvalue weighted by Crippen LogP contribution is -2.00. The van der Waals surface area contributed by atoms with Crippen molar-refractivity contribution in [1.29, 1.82) is 0 Å². The first-order valence-electron chi connectivity index (χ1n) is 4.19. The molecule has 0 saturated heterocycles. The van der Waals surface area contributed by atoms with Crippen LogP contribution in [0.5, 0.6) is 0 Å². The van der Waals surface area contributed by atoms with Gasteiger partial charge in [0.2, 0.25) is 0 Å². The van der Waals surface area contributed by atoms with Crippen LogP contribution in [0.4, 0.5) is 26.3 Å². The maximum absolute atomic E-state index is 11.5. The van der Waals surface area contributed by atoms with E-state index < -0.39 is 12.4 Å². The Hall–Kier alpha value is -0.940. The first-order valence-corrected chi connectivity index (χ1v) is 4.19. The average molecular weight is 232 g/mol. The van der Waals surface area contributed by atoms with Gasteiger partial charge in [-0.1, -0.05) is 12.2 Å². The van der Waals surface area contributed by atoms with Gasteiger partial charge in [0.25, 0.3) is 0 Å². The summed E-state index contributed by atoms with van der Waals surface area (Å²) in [6, 6.07) is 0. The predicted octanol–water partition coefficient (Wildman–Crippen LogP) is 4.39. The second-order valence-electron chi connectivity index (χ2n) is 2.82. The van der Waals surface area contributed by atoms with Crippen molar-refractivity contribution in [3.05, 3.63) is 24.3 Å². The molecule has 0 radical (unpaired) electrons. The fraction of sp³-hybridized carbons (Fsp3) is 0.556. The van der Waals surface area contributed by atoms with Crippen LogP contribution in [-0.2, 0) is 0 Å². The molecular formula is C9H10F6. The van der Waals surface area contributed by atoms with Crippen molar-refractivity contribution in [2.24, 2.45) is 0 Å². The van der Waals surface area contributed by atoms with E-state index in [0.717, 1.165) is 12.2 Å². The van der Waals surface area contributed by atoms with E-state index in [1.54, 1.807) is 0 Å². The zero-order valence-corrected chi connectivity index (χ0v) is 7.70. The summed E-state index contributed by atoms with van der Waals surface area (Å²) in [5.74, 6) is 0. The summed E-state index contributed by atoms with van der Waals surface area (Å²) in [5.41, 5.74) is 0. The van der Waals surface area contributed by atoms with Crippen molar-refractivity contribution in [1.82, 2.24) is 0 Å². The van der Waals surface area contributed by atoms with E-state index in [4.69, 9.17) is 0 Å². The summed E-state index contributed by atoms with van der Waals surface area (Å²) in [6.45, 7) is 0. The second-order valence-corrected chi connectivity index (χ2v) is 2.82. The highest BCUT2D eigenvalue weighted by Crippen LogP contribution is 2.18. The third-order valence-corrected chi connectivity index (χ3v) is 1.36. The number of hydrogen-bond donors (Lipinski definition) is 0. The molecule has 0 aliphatic carbocycles. The molecule has 0 fully saturated rings. The Morgan fingerprint density at radius 2 is 1.00 bits per heavy atom. The Balaban J connectivity index is 3.57. The maximum Gasteiger partial charge on any atom is 0.409 e. The van der Waals surface area contributed by atoms with Gasteiger partial charge in [-0.3, -0.25) is 0 Å². The van der Waals surface area contributed by atoms with Crippen LogP contribution in [-0.4, -0.2) is 12.4 Å². The van der Waals surface area contributed by atoms with Gasteiger partial charge in [0.05, 0.1) is 0 Å². The Kier molecular flexibility index (Phi) is 5.46. The number of rotatable bonds is 4. The van der Waals surface area contributed by atoms with E-state index in [0.29, 0.717) is 0 Å². The van der Waals surface area contributed by atoms with Crippen LogP contribution >= 0.6 is 0 Å². The van der Waals surface area contributed by atoms with Crippen molar-refractivity contribution in [2.45, 2.75) is 31.6 Å². The third kappa shape index (κ3) is 13.1. The van der Waals surface area contributed by atoms with Crippen molar-refractivity contribution < 1.29 is 26.3 Å². The topological polar surface area (TPSA) is 0 Å². The highest BCUT2D eigenvalue weighted by molar-refractivity contribution is 4.91. The second kappa shape index (κ2) is 5.82. The molecule has 0 bridgehead atoms. The van der Waals surface area contributed by atoms with Gasteiger partial charge in [-0.15, -0.1) is 0 Å². The van der Waals surface area contributed by atoms with Crippen molar-refractivity contribution in [3.63, 3.8) is 0 Å². The molecule has 0 aromatic heterocycles. The molecule has 0 aliphatic heterocycles. The summed E-state index contributed by atoms with van der Waals surface area (Å²) in [7, 11) is 0. The monoisotopic (exact) mass is 232 g/mol. The van der Waals surface area contributed by atoms with Crippen LogP contribution in [0.25, 0.3) is 0 Å². The van der Waals surface area contributed by atoms with Crippen LogP contribution in [0.15, 0.2) is 24.3 Å². The maximum atomic E-state index is 11.5. The summed E-state index contributed by atoms with van der Waals surface area (Å²) in [6.07, 6.45) is -6.23. The SMILES string of the molecule is FC(F)(F)C=CCCCC=CC(F)(F)F. The quantitative estimate of drug-likeness (QED) is 0.383. The van der Waals surface area contributed by atoms with Crippen LogP contribution in [0, 0.1) is 0 Å². The minimum absolute atomic E-state index is 0.0838. The highest BCUT2D eigenvalue weighted by atomic mass is 19.4. The van der Waals surface area contributed by atoms with Gasteiger partial charge in [0.1, 0.15) is 0 Å². The van der Waals surface area contributed by atoms with Crippen LogP contribution < -0.4 is 0 Å². The molecule has 0 rings (SSSR count). The number of alkyl halides is 6. The predicted molar refractivity (Wildman–Crippen MR) is 44.2 cm³/mol. The smallest absolute Gasteiger partial charge is 0.167 e. The molecule has 6 heteroatoms. The fourth-order valence-corrected chi connectivity index (χ4v) is 0.787. The number of allylic oxidation sites excluding steroid dienone is 4. The van der Waals surface area contributed by atoms with E-state index in [9.17, 15) is 26.3 Å². The molecule has 0 heterocycles. The lowest BCUT2D eigenvalue weighted by molar-refractivity contribution is -0.0809. The van der Waals surface area contributed by atoms with Crippen molar-refractivity contribution in [2.75, 3.05) is 0 Å². The average Bonchev–Trinajstić information content (AvgIpc) is 1.98. The molecule has 0 aliphatic rings. The fourth-order valence-electron chi connectivity index (χ4n) is 0.787. The van der Waals surface area contributed by atoms with Gasteiger partial charge < -0.3 is 0 Å². The zero-order valence-electron chi connectivity index (χ0n) is 7.70. The molecule has 0 aromatic carbocycles.